The van der Waals surface area contributed by atoms with E-state index >= 15 is 0 Å². The molecule has 0 bridgehead atoms. The van der Waals surface area contributed by atoms with Crippen molar-refractivity contribution >= 4 is 0 Å². The normalized spacial score (nSPS) is 19.4. The van der Waals surface area contributed by atoms with Gasteiger partial charge in [-0.1, -0.05) is 0 Å². The van der Waals surface area contributed by atoms with Gasteiger partial charge < -0.3 is 10.3 Å². The van der Waals surface area contributed by atoms with Gasteiger partial charge in [0.2, 0.25) is 0 Å². The SMILES string of the molecule is NC1CCCc2nc(-c3ccncc3)cn21. The number of nitrogens with two attached hydrogens (primary N) is 1. The number of rotatable bonds is 1. The minimum atomic E-state index is 0.0897. The largest absolute Gasteiger partial charge is 0.318 e. The first-order chi connectivity index (χ1) is 7.84. The topological polar surface area (TPSA) is 56.7 Å². The lowest BCUT2D eigenvalue weighted by molar-refractivity contribution is 0.408. The Hall–Kier alpha value is -1.68. The van der Waals surface area contributed by atoms with E-state index in [1.807, 2.05) is 12.1 Å². The fraction of sp³-hybridized carbons (Fsp3) is 0.333. The first-order valence-corrected chi connectivity index (χ1v) is 5.58. The Morgan fingerprint density at radius 1 is 1.31 bits per heavy atom. The van der Waals surface area contributed by atoms with E-state index in [0.717, 1.165) is 36.3 Å². The van der Waals surface area contributed by atoms with Crippen LogP contribution in [-0.4, -0.2) is 14.5 Å². The van der Waals surface area contributed by atoms with E-state index in [9.17, 15) is 0 Å². The van der Waals surface area contributed by atoms with Crippen molar-refractivity contribution in [2.45, 2.75) is 25.4 Å². The van der Waals surface area contributed by atoms with Crippen LogP contribution in [0.5, 0.6) is 0 Å². The van der Waals surface area contributed by atoms with Crippen LogP contribution in [0.4, 0.5) is 0 Å². The molecule has 0 aliphatic carbocycles. The van der Waals surface area contributed by atoms with Gasteiger partial charge in [-0.15, -0.1) is 0 Å². The van der Waals surface area contributed by atoms with E-state index in [-0.39, 0.29) is 6.17 Å². The standard InChI is InChI=1S/C12H14N4/c13-11-2-1-3-12-15-10(8-16(11)12)9-4-6-14-7-5-9/h4-8,11H,1-3,13H2. The summed E-state index contributed by atoms with van der Waals surface area (Å²) in [7, 11) is 0. The second kappa shape index (κ2) is 3.72. The van der Waals surface area contributed by atoms with Crippen LogP contribution in [0.1, 0.15) is 24.8 Å². The average Bonchev–Trinajstić information content (AvgIpc) is 2.76. The van der Waals surface area contributed by atoms with Crippen molar-refractivity contribution in [2.75, 3.05) is 0 Å². The molecule has 0 fully saturated rings. The summed E-state index contributed by atoms with van der Waals surface area (Å²) < 4.78 is 2.10. The third kappa shape index (κ3) is 1.51. The van der Waals surface area contributed by atoms with Gasteiger partial charge in [0.1, 0.15) is 5.82 Å². The van der Waals surface area contributed by atoms with Crippen molar-refractivity contribution in [1.29, 1.82) is 0 Å². The van der Waals surface area contributed by atoms with Crippen molar-refractivity contribution in [3.05, 3.63) is 36.5 Å². The highest BCUT2D eigenvalue weighted by molar-refractivity contribution is 5.57. The van der Waals surface area contributed by atoms with Gasteiger partial charge in [0.05, 0.1) is 11.9 Å². The van der Waals surface area contributed by atoms with Crippen LogP contribution >= 0.6 is 0 Å². The summed E-state index contributed by atoms with van der Waals surface area (Å²) in [6.45, 7) is 0. The van der Waals surface area contributed by atoms with Gasteiger partial charge in [-0.3, -0.25) is 4.98 Å². The van der Waals surface area contributed by atoms with E-state index in [2.05, 4.69) is 20.7 Å². The van der Waals surface area contributed by atoms with Crippen LogP contribution in [0, 0.1) is 0 Å². The summed E-state index contributed by atoms with van der Waals surface area (Å²) in [6.07, 6.45) is 8.91. The van der Waals surface area contributed by atoms with Crippen LogP contribution in [-0.2, 0) is 6.42 Å². The zero-order valence-electron chi connectivity index (χ0n) is 9.00. The maximum absolute atomic E-state index is 6.05. The van der Waals surface area contributed by atoms with E-state index in [1.165, 1.54) is 0 Å². The Labute approximate surface area is 94.1 Å². The monoisotopic (exact) mass is 214 g/mol. The molecule has 82 valence electrons. The molecule has 4 nitrogen and oxygen atoms in total. The molecule has 1 atom stereocenters. The Morgan fingerprint density at radius 3 is 2.88 bits per heavy atom. The van der Waals surface area contributed by atoms with Crippen LogP contribution in [0.25, 0.3) is 11.3 Å². The molecule has 0 aromatic carbocycles. The maximum Gasteiger partial charge on any atom is 0.110 e. The summed E-state index contributed by atoms with van der Waals surface area (Å²) in [6, 6.07) is 3.94. The molecule has 1 aliphatic heterocycles. The number of aryl methyl sites for hydroxylation is 1. The van der Waals surface area contributed by atoms with Crippen molar-refractivity contribution in [2.24, 2.45) is 5.73 Å². The molecule has 4 heteroatoms. The molecule has 1 unspecified atom stereocenters. The summed E-state index contributed by atoms with van der Waals surface area (Å²) in [5.41, 5.74) is 8.14. The third-order valence-corrected chi connectivity index (χ3v) is 3.04. The molecular formula is C12H14N4. The minimum Gasteiger partial charge on any atom is -0.318 e. The lowest BCUT2D eigenvalue weighted by Gasteiger charge is -2.20. The summed E-state index contributed by atoms with van der Waals surface area (Å²) in [5, 5.41) is 0. The zero-order chi connectivity index (χ0) is 11.0. The molecule has 3 heterocycles. The lowest BCUT2D eigenvalue weighted by Crippen LogP contribution is -2.24. The Kier molecular flexibility index (Phi) is 2.22. The highest BCUT2D eigenvalue weighted by Gasteiger charge is 2.18. The van der Waals surface area contributed by atoms with Crippen molar-refractivity contribution in [1.82, 2.24) is 14.5 Å². The molecule has 2 aromatic heterocycles. The van der Waals surface area contributed by atoms with Crippen LogP contribution in [0.2, 0.25) is 0 Å². The highest BCUT2D eigenvalue weighted by Crippen LogP contribution is 2.25. The molecular weight excluding hydrogens is 200 g/mol. The smallest absolute Gasteiger partial charge is 0.110 e. The molecule has 16 heavy (non-hydrogen) atoms. The number of pyridine rings is 1. The predicted octanol–water partition coefficient (Wildman–Crippen LogP) is 1.74. The van der Waals surface area contributed by atoms with Gasteiger partial charge in [-0.2, -0.15) is 0 Å². The zero-order valence-corrected chi connectivity index (χ0v) is 9.00. The van der Waals surface area contributed by atoms with Crippen molar-refractivity contribution in [3.8, 4) is 11.3 Å². The quantitative estimate of drug-likeness (QED) is 0.786. The predicted molar refractivity (Wildman–Crippen MR) is 61.6 cm³/mol. The third-order valence-electron chi connectivity index (χ3n) is 3.04. The van der Waals surface area contributed by atoms with E-state index < -0.39 is 0 Å². The average molecular weight is 214 g/mol. The number of aromatic nitrogens is 3. The van der Waals surface area contributed by atoms with E-state index in [4.69, 9.17) is 5.73 Å². The highest BCUT2D eigenvalue weighted by atomic mass is 15.2. The van der Waals surface area contributed by atoms with Crippen molar-refractivity contribution < 1.29 is 0 Å². The number of imidazole rings is 1. The number of fused-ring (bicyclic) bond motifs is 1. The second-order valence-corrected chi connectivity index (χ2v) is 4.15. The first-order valence-electron chi connectivity index (χ1n) is 5.58. The van der Waals surface area contributed by atoms with Gasteiger partial charge >= 0.3 is 0 Å². The number of nitrogens with zero attached hydrogens (tertiary/aromatic N) is 3. The fourth-order valence-electron chi connectivity index (χ4n) is 2.17. The molecule has 2 N–H and O–H groups in total. The second-order valence-electron chi connectivity index (χ2n) is 4.15. The summed E-state index contributed by atoms with van der Waals surface area (Å²) in [5.74, 6) is 1.10. The van der Waals surface area contributed by atoms with E-state index in [0.29, 0.717) is 0 Å². The Morgan fingerprint density at radius 2 is 2.12 bits per heavy atom. The first kappa shape index (κ1) is 9.54. The van der Waals surface area contributed by atoms with Gasteiger partial charge in [0, 0.05) is 30.6 Å². The summed E-state index contributed by atoms with van der Waals surface area (Å²) in [4.78, 5) is 8.64. The van der Waals surface area contributed by atoms with Gasteiger partial charge in [0.15, 0.2) is 0 Å². The van der Waals surface area contributed by atoms with Crippen LogP contribution in [0.3, 0.4) is 0 Å². The molecule has 2 aromatic rings. The molecule has 0 radical (unpaired) electrons. The van der Waals surface area contributed by atoms with Gasteiger partial charge in [-0.05, 0) is 25.0 Å². The van der Waals surface area contributed by atoms with Crippen molar-refractivity contribution in [3.63, 3.8) is 0 Å². The van der Waals surface area contributed by atoms with E-state index in [1.54, 1.807) is 12.4 Å². The molecule has 0 amide bonds. The molecule has 1 aliphatic rings. The molecule has 0 saturated heterocycles. The number of hydrogen-bond acceptors (Lipinski definition) is 3. The minimum absolute atomic E-state index is 0.0897. The summed E-state index contributed by atoms with van der Waals surface area (Å²) >= 11 is 0. The number of hydrogen-bond donors (Lipinski definition) is 1. The van der Waals surface area contributed by atoms with Gasteiger partial charge in [-0.25, -0.2) is 4.98 Å². The fourth-order valence-corrected chi connectivity index (χ4v) is 2.17. The molecule has 0 saturated carbocycles. The van der Waals surface area contributed by atoms with Gasteiger partial charge in [0.25, 0.3) is 0 Å². The lowest BCUT2D eigenvalue weighted by atomic mass is 10.1. The Bertz CT molecular complexity index is 489. The maximum atomic E-state index is 6.05. The molecule has 0 spiro atoms. The van der Waals surface area contributed by atoms with Crippen LogP contribution in [0.15, 0.2) is 30.7 Å². The molecule has 3 rings (SSSR count). The Balaban J connectivity index is 2.05. The van der Waals surface area contributed by atoms with Crippen LogP contribution < -0.4 is 5.73 Å².